The monoisotopic (exact) mass is 191 g/mol. The SMILES string of the molecule is Cc1coc(Oc2ccc(O)cc2)n1. The van der Waals surface area contributed by atoms with Gasteiger partial charge in [-0.2, -0.15) is 4.98 Å². The first kappa shape index (κ1) is 8.62. The summed E-state index contributed by atoms with van der Waals surface area (Å²) in [4.78, 5) is 3.98. The summed E-state index contributed by atoms with van der Waals surface area (Å²) >= 11 is 0. The van der Waals surface area contributed by atoms with Crippen LogP contribution in [0.15, 0.2) is 34.9 Å². The minimum absolute atomic E-state index is 0.195. The molecule has 1 aromatic heterocycles. The number of aromatic nitrogens is 1. The fraction of sp³-hybridized carbons (Fsp3) is 0.100. The predicted molar refractivity (Wildman–Crippen MR) is 49.4 cm³/mol. The lowest BCUT2D eigenvalue weighted by molar-refractivity contribution is 0.330. The van der Waals surface area contributed by atoms with E-state index in [0.29, 0.717) is 5.75 Å². The highest BCUT2D eigenvalue weighted by atomic mass is 16.6. The number of aryl methyl sites for hydroxylation is 1. The van der Waals surface area contributed by atoms with Crippen molar-refractivity contribution >= 4 is 0 Å². The molecule has 0 aliphatic carbocycles. The average Bonchev–Trinajstić information content (AvgIpc) is 2.56. The third kappa shape index (κ3) is 1.85. The van der Waals surface area contributed by atoms with Crippen LogP contribution in [0.25, 0.3) is 0 Å². The number of oxazole rings is 1. The third-order valence-electron chi connectivity index (χ3n) is 1.64. The van der Waals surface area contributed by atoms with E-state index in [0.717, 1.165) is 5.69 Å². The van der Waals surface area contributed by atoms with Gasteiger partial charge in [-0.1, -0.05) is 0 Å². The fourth-order valence-electron chi connectivity index (χ4n) is 0.994. The van der Waals surface area contributed by atoms with E-state index in [2.05, 4.69) is 4.98 Å². The summed E-state index contributed by atoms with van der Waals surface area (Å²) < 4.78 is 10.3. The van der Waals surface area contributed by atoms with Crippen LogP contribution in [0.3, 0.4) is 0 Å². The topological polar surface area (TPSA) is 55.5 Å². The highest BCUT2D eigenvalue weighted by Crippen LogP contribution is 2.22. The normalized spacial score (nSPS) is 10.1. The van der Waals surface area contributed by atoms with Gasteiger partial charge in [0.05, 0.1) is 5.69 Å². The van der Waals surface area contributed by atoms with E-state index < -0.39 is 0 Å². The first-order valence-corrected chi connectivity index (χ1v) is 4.13. The van der Waals surface area contributed by atoms with Crippen molar-refractivity contribution in [1.29, 1.82) is 0 Å². The molecule has 2 rings (SSSR count). The number of phenolic OH excluding ortho intramolecular Hbond substituents is 1. The maximum Gasteiger partial charge on any atom is 0.399 e. The highest BCUT2D eigenvalue weighted by molar-refractivity contribution is 5.31. The summed E-state index contributed by atoms with van der Waals surface area (Å²) in [5, 5.41) is 9.03. The molecule has 0 atom stereocenters. The molecule has 1 N–H and O–H groups in total. The third-order valence-corrected chi connectivity index (χ3v) is 1.64. The van der Waals surface area contributed by atoms with Crippen LogP contribution in [0.2, 0.25) is 0 Å². The second kappa shape index (κ2) is 3.41. The second-order valence-corrected chi connectivity index (χ2v) is 2.85. The van der Waals surface area contributed by atoms with Crippen molar-refractivity contribution in [2.24, 2.45) is 0 Å². The van der Waals surface area contributed by atoms with E-state index in [1.807, 2.05) is 6.92 Å². The quantitative estimate of drug-likeness (QED) is 0.792. The zero-order chi connectivity index (χ0) is 9.97. The standard InChI is InChI=1S/C10H9NO3/c1-7-6-13-10(11-7)14-9-4-2-8(12)3-5-9/h2-6,12H,1H3. The van der Waals surface area contributed by atoms with E-state index in [-0.39, 0.29) is 11.8 Å². The van der Waals surface area contributed by atoms with Crippen LogP contribution in [0.1, 0.15) is 5.69 Å². The van der Waals surface area contributed by atoms with Crippen molar-refractivity contribution in [2.75, 3.05) is 0 Å². The largest absolute Gasteiger partial charge is 0.508 e. The predicted octanol–water partition coefficient (Wildman–Crippen LogP) is 2.48. The first-order chi connectivity index (χ1) is 6.74. The summed E-state index contributed by atoms with van der Waals surface area (Å²) in [6.45, 7) is 1.81. The Hall–Kier alpha value is -1.97. The molecule has 0 aliphatic rings. The molecule has 4 heteroatoms. The molecule has 0 amide bonds. The molecule has 1 heterocycles. The van der Waals surface area contributed by atoms with Crippen LogP contribution in [0.4, 0.5) is 0 Å². The van der Waals surface area contributed by atoms with Gasteiger partial charge in [0, 0.05) is 0 Å². The molecule has 1 aromatic carbocycles. The molecule has 0 saturated heterocycles. The summed E-state index contributed by atoms with van der Waals surface area (Å²) in [6.07, 6.45) is 1.71. The average molecular weight is 191 g/mol. The van der Waals surface area contributed by atoms with Crippen LogP contribution in [0.5, 0.6) is 17.6 Å². The van der Waals surface area contributed by atoms with Gasteiger partial charge >= 0.3 is 6.08 Å². The van der Waals surface area contributed by atoms with Crippen molar-refractivity contribution in [2.45, 2.75) is 6.92 Å². The van der Waals surface area contributed by atoms with Crippen LogP contribution in [-0.4, -0.2) is 10.1 Å². The maximum absolute atomic E-state index is 9.03. The van der Waals surface area contributed by atoms with Gasteiger partial charge in [-0.25, -0.2) is 0 Å². The number of aromatic hydroxyl groups is 1. The van der Waals surface area contributed by atoms with Crippen LogP contribution < -0.4 is 4.74 Å². The molecule has 2 aromatic rings. The number of rotatable bonds is 2. The van der Waals surface area contributed by atoms with Crippen LogP contribution in [0, 0.1) is 6.92 Å². The molecule has 0 fully saturated rings. The Bertz CT molecular complexity index is 419. The first-order valence-electron chi connectivity index (χ1n) is 4.13. The zero-order valence-corrected chi connectivity index (χ0v) is 7.60. The Kier molecular flexibility index (Phi) is 2.10. The Balaban J connectivity index is 2.15. The molecule has 4 nitrogen and oxygen atoms in total. The Morgan fingerprint density at radius 1 is 1.29 bits per heavy atom. The van der Waals surface area contributed by atoms with Gasteiger partial charge in [0.25, 0.3) is 0 Å². The number of phenols is 1. The maximum atomic E-state index is 9.03. The summed E-state index contributed by atoms with van der Waals surface area (Å²) in [6, 6.07) is 6.33. The van der Waals surface area contributed by atoms with Gasteiger partial charge < -0.3 is 14.3 Å². The summed E-state index contributed by atoms with van der Waals surface area (Å²) in [7, 11) is 0. The summed E-state index contributed by atoms with van der Waals surface area (Å²) in [5.41, 5.74) is 0.763. The number of hydrogen-bond donors (Lipinski definition) is 1. The Morgan fingerprint density at radius 3 is 2.57 bits per heavy atom. The lowest BCUT2D eigenvalue weighted by Crippen LogP contribution is -1.83. The molecule has 0 aliphatic heterocycles. The van der Waals surface area contributed by atoms with Crippen LogP contribution in [-0.2, 0) is 0 Å². The molecule has 0 unspecified atom stereocenters. The van der Waals surface area contributed by atoms with E-state index in [1.54, 1.807) is 12.1 Å². The van der Waals surface area contributed by atoms with Gasteiger partial charge in [0.15, 0.2) is 0 Å². The van der Waals surface area contributed by atoms with Gasteiger partial charge in [-0.05, 0) is 31.2 Å². The number of nitrogens with zero attached hydrogens (tertiary/aromatic N) is 1. The molecular formula is C10H9NO3. The van der Waals surface area contributed by atoms with E-state index in [9.17, 15) is 0 Å². The van der Waals surface area contributed by atoms with Crippen LogP contribution >= 0.6 is 0 Å². The molecule has 14 heavy (non-hydrogen) atoms. The highest BCUT2D eigenvalue weighted by Gasteiger charge is 2.02. The number of hydrogen-bond acceptors (Lipinski definition) is 4. The minimum Gasteiger partial charge on any atom is -0.508 e. The van der Waals surface area contributed by atoms with E-state index in [1.165, 1.54) is 18.4 Å². The molecule has 72 valence electrons. The molecule has 0 radical (unpaired) electrons. The van der Waals surface area contributed by atoms with Crippen molar-refractivity contribution < 1.29 is 14.3 Å². The van der Waals surface area contributed by atoms with Gasteiger partial charge in [0.1, 0.15) is 17.8 Å². The Morgan fingerprint density at radius 2 is 2.00 bits per heavy atom. The van der Waals surface area contributed by atoms with Gasteiger partial charge in [0.2, 0.25) is 0 Å². The summed E-state index contributed by atoms with van der Waals surface area (Å²) in [5.74, 6) is 0.769. The second-order valence-electron chi connectivity index (χ2n) is 2.85. The van der Waals surface area contributed by atoms with E-state index >= 15 is 0 Å². The van der Waals surface area contributed by atoms with Gasteiger partial charge in [-0.3, -0.25) is 0 Å². The van der Waals surface area contributed by atoms with Gasteiger partial charge in [-0.15, -0.1) is 0 Å². The molecule has 0 saturated carbocycles. The zero-order valence-electron chi connectivity index (χ0n) is 7.60. The van der Waals surface area contributed by atoms with Crippen molar-refractivity contribution in [1.82, 2.24) is 4.98 Å². The Labute approximate surface area is 80.8 Å². The van der Waals surface area contributed by atoms with Crippen molar-refractivity contribution in [3.05, 3.63) is 36.2 Å². The smallest absolute Gasteiger partial charge is 0.399 e. The number of benzene rings is 1. The molecular weight excluding hydrogens is 182 g/mol. The van der Waals surface area contributed by atoms with Crippen molar-refractivity contribution in [3.63, 3.8) is 0 Å². The lowest BCUT2D eigenvalue weighted by Gasteiger charge is -1.99. The molecule has 0 bridgehead atoms. The van der Waals surface area contributed by atoms with E-state index in [4.69, 9.17) is 14.3 Å². The fourth-order valence-corrected chi connectivity index (χ4v) is 0.994. The van der Waals surface area contributed by atoms with Crippen molar-refractivity contribution in [3.8, 4) is 17.6 Å². The number of ether oxygens (including phenoxy) is 1. The lowest BCUT2D eigenvalue weighted by atomic mass is 10.3. The molecule has 0 spiro atoms. The minimum atomic E-state index is 0.195.